The lowest BCUT2D eigenvalue weighted by Gasteiger charge is -2.42. The zero-order valence-corrected chi connectivity index (χ0v) is 8.97. The minimum atomic E-state index is -0.722. The standard InChI is InChI=1S/C11H13ClFNO/c12-9-3-7(1-2-10(9)13)4-11(15)5-8(14)6-11/h1-3,8,15H,4-6,14H2. The number of aliphatic hydroxyl groups is 1. The van der Waals surface area contributed by atoms with Crippen molar-refractivity contribution in [2.45, 2.75) is 30.9 Å². The van der Waals surface area contributed by atoms with Gasteiger partial charge in [0.15, 0.2) is 0 Å². The molecule has 82 valence electrons. The van der Waals surface area contributed by atoms with Gasteiger partial charge in [0.1, 0.15) is 5.82 Å². The Balaban J connectivity index is 2.08. The largest absolute Gasteiger partial charge is 0.389 e. The van der Waals surface area contributed by atoms with Crippen molar-refractivity contribution in [3.63, 3.8) is 0 Å². The third-order valence-corrected chi connectivity index (χ3v) is 3.09. The van der Waals surface area contributed by atoms with Crippen LogP contribution in [0, 0.1) is 5.82 Å². The normalized spacial score (nSPS) is 30.0. The zero-order chi connectivity index (χ0) is 11.1. The van der Waals surface area contributed by atoms with Gasteiger partial charge in [0.2, 0.25) is 0 Å². The van der Waals surface area contributed by atoms with Crippen molar-refractivity contribution in [3.05, 3.63) is 34.6 Å². The molecule has 1 saturated carbocycles. The number of nitrogens with two attached hydrogens (primary N) is 1. The van der Waals surface area contributed by atoms with Crippen molar-refractivity contribution < 1.29 is 9.50 Å². The average molecular weight is 230 g/mol. The smallest absolute Gasteiger partial charge is 0.141 e. The second kappa shape index (κ2) is 3.74. The molecule has 0 atom stereocenters. The zero-order valence-electron chi connectivity index (χ0n) is 8.21. The van der Waals surface area contributed by atoms with Crippen molar-refractivity contribution in [1.29, 1.82) is 0 Å². The quantitative estimate of drug-likeness (QED) is 0.814. The third-order valence-electron chi connectivity index (χ3n) is 2.80. The molecule has 4 heteroatoms. The Labute approximate surface area is 92.9 Å². The van der Waals surface area contributed by atoms with E-state index < -0.39 is 11.4 Å². The fraction of sp³-hybridized carbons (Fsp3) is 0.455. The average Bonchev–Trinajstić information content (AvgIpc) is 2.09. The van der Waals surface area contributed by atoms with E-state index >= 15 is 0 Å². The first-order chi connectivity index (χ1) is 6.98. The lowest BCUT2D eigenvalue weighted by atomic mass is 9.73. The molecule has 0 heterocycles. The molecule has 0 saturated heterocycles. The maximum atomic E-state index is 12.9. The Morgan fingerprint density at radius 2 is 2.20 bits per heavy atom. The van der Waals surface area contributed by atoms with Gasteiger partial charge in [-0.3, -0.25) is 0 Å². The lowest BCUT2D eigenvalue weighted by Crippen LogP contribution is -2.52. The van der Waals surface area contributed by atoms with Gasteiger partial charge < -0.3 is 10.8 Å². The first-order valence-corrected chi connectivity index (χ1v) is 5.28. The Bertz CT molecular complexity index is 377. The molecule has 2 nitrogen and oxygen atoms in total. The molecule has 0 amide bonds. The van der Waals surface area contributed by atoms with E-state index in [2.05, 4.69) is 0 Å². The van der Waals surface area contributed by atoms with Gasteiger partial charge in [-0.1, -0.05) is 17.7 Å². The van der Waals surface area contributed by atoms with E-state index in [1.54, 1.807) is 12.1 Å². The van der Waals surface area contributed by atoms with Gasteiger partial charge in [-0.25, -0.2) is 4.39 Å². The van der Waals surface area contributed by atoms with Gasteiger partial charge in [0.25, 0.3) is 0 Å². The number of hydrogen-bond acceptors (Lipinski definition) is 2. The van der Waals surface area contributed by atoms with Crippen molar-refractivity contribution >= 4 is 11.6 Å². The Morgan fingerprint density at radius 3 is 2.73 bits per heavy atom. The predicted molar refractivity (Wildman–Crippen MR) is 57.3 cm³/mol. The van der Waals surface area contributed by atoms with Crippen LogP contribution in [0.25, 0.3) is 0 Å². The second-order valence-electron chi connectivity index (χ2n) is 4.32. The first kappa shape index (κ1) is 10.9. The number of benzene rings is 1. The van der Waals surface area contributed by atoms with E-state index in [0.717, 1.165) is 5.56 Å². The summed E-state index contributed by atoms with van der Waals surface area (Å²) < 4.78 is 12.9. The van der Waals surface area contributed by atoms with E-state index in [0.29, 0.717) is 19.3 Å². The van der Waals surface area contributed by atoms with Gasteiger partial charge in [-0.15, -0.1) is 0 Å². The van der Waals surface area contributed by atoms with Crippen LogP contribution in [0.5, 0.6) is 0 Å². The van der Waals surface area contributed by atoms with Crippen LogP contribution >= 0.6 is 11.6 Å². The molecular formula is C11H13ClFNO. The summed E-state index contributed by atoms with van der Waals surface area (Å²) in [6.45, 7) is 0. The van der Waals surface area contributed by atoms with E-state index in [1.165, 1.54) is 6.07 Å². The Kier molecular flexibility index (Phi) is 2.71. The summed E-state index contributed by atoms with van der Waals surface area (Å²) in [7, 11) is 0. The minimum Gasteiger partial charge on any atom is -0.389 e. The second-order valence-corrected chi connectivity index (χ2v) is 4.73. The fourth-order valence-corrected chi connectivity index (χ4v) is 2.29. The molecule has 0 aliphatic heterocycles. The summed E-state index contributed by atoms with van der Waals surface area (Å²) in [6, 6.07) is 4.60. The van der Waals surface area contributed by atoms with E-state index in [9.17, 15) is 9.50 Å². The van der Waals surface area contributed by atoms with Gasteiger partial charge in [0, 0.05) is 12.5 Å². The molecule has 1 aliphatic carbocycles. The van der Waals surface area contributed by atoms with Crippen LogP contribution in [0.4, 0.5) is 4.39 Å². The molecule has 1 fully saturated rings. The molecule has 1 aromatic carbocycles. The summed E-state index contributed by atoms with van der Waals surface area (Å²) in [5.74, 6) is -0.433. The fourth-order valence-electron chi connectivity index (χ4n) is 2.09. The maximum absolute atomic E-state index is 12.9. The van der Waals surface area contributed by atoms with Crippen molar-refractivity contribution in [1.82, 2.24) is 0 Å². The molecule has 1 aromatic rings. The highest BCUT2D eigenvalue weighted by Crippen LogP contribution is 2.34. The van der Waals surface area contributed by atoms with Crippen LogP contribution in [0.15, 0.2) is 18.2 Å². The minimum absolute atomic E-state index is 0.0888. The lowest BCUT2D eigenvalue weighted by molar-refractivity contribution is -0.0455. The molecular weight excluding hydrogens is 217 g/mol. The predicted octanol–water partition coefficient (Wildman–Crippen LogP) is 1.87. The van der Waals surface area contributed by atoms with Gasteiger partial charge in [-0.2, -0.15) is 0 Å². The third kappa shape index (κ3) is 2.30. The van der Waals surface area contributed by atoms with Crippen molar-refractivity contribution in [3.8, 4) is 0 Å². The molecule has 0 spiro atoms. The summed E-state index contributed by atoms with van der Waals surface area (Å²) in [5, 5.41) is 10.1. The molecule has 1 aliphatic rings. The molecule has 0 radical (unpaired) electrons. The van der Waals surface area contributed by atoms with E-state index in [1.807, 2.05) is 0 Å². The summed E-state index contributed by atoms with van der Waals surface area (Å²) >= 11 is 5.65. The first-order valence-electron chi connectivity index (χ1n) is 4.90. The summed E-state index contributed by atoms with van der Waals surface area (Å²) in [5.41, 5.74) is 5.74. The van der Waals surface area contributed by atoms with Crippen LogP contribution in [-0.4, -0.2) is 16.7 Å². The molecule has 0 aromatic heterocycles. The van der Waals surface area contributed by atoms with E-state index in [-0.39, 0.29) is 11.1 Å². The maximum Gasteiger partial charge on any atom is 0.141 e. The highest BCUT2D eigenvalue weighted by Gasteiger charge is 2.40. The Morgan fingerprint density at radius 1 is 1.53 bits per heavy atom. The molecule has 0 bridgehead atoms. The Hall–Kier alpha value is -0.640. The van der Waals surface area contributed by atoms with Crippen molar-refractivity contribution in [2.24, 2.45) is 5.73 Å². The molecule has 0 unspecified atom stereocenters. The number of halogens is 2. The van der Waals surface area contributed by atoms with Crippen LogP contribution in [0.2, 0.25) is 5.02 Å². The summed E-state index contributed by atoms with van der Waals surface area (Å²) in [4.78, 5) is 0. The monoisotopic (exact) mass is 229 g/mol. The van der Waals surface area contributed by atoms with Crippen LogP contribution < -0.4 is 5.73 Å². The number of rotatable bonds is 2. The number of hydrogen-bond donors (Lipinski definition) is 2. The molecule has 3 N–H and O–H groups in total. The van der Waals surface area contributed by atoms with Crippen molar-refractivity contribution in [2.75, 3.05) is 0 Å². The van der Waals surface area contributed by atoms with Crippen LogP contribution in [0.1, 0.15) is 18.4 Å². The van der Waals surface area contributed by atoms with E-state index in [4.69, 9.17) is 17.3 Å². The highest BCUT2D eigenvalue weighted by atomic mass is 35.5. The highest BCUT2D eigenvalue weighted by molar-refractivity contribution is 6.30. The SMILES string of the molecule is NC1CC(O)(Cc2ccc(F)c(Cl)c2)C1. The molecule has 2 rings (SSSR count). The van der Waals surface area contributed by atoms with Gasteiger partial charge in [0.05, 0.1) is 10.6 Å². The molecule has 15 heavy (non-hydrogen) atoms. The van der Waals surface area contributed by atoms with Crippen LogP contribution in [-0.2, 0) is 6.42 Å². The summed E-state index contributed by atoms with van der Waals surface area (Å²) in [6.07, 6.45) is 1.69. The van der Waals surface area contributed by atoms with Gasteiger partial charge in [-0.05, 0) is 30.5 Å². The topological polar surface area (TPSA) is 46.2 Å². The van der Waals surface area contributed by atoms with Gasteiger partial charge >= 0.3 is 0 Å². The van der Waals surface area contributed by atoms with Crippen LogP contribution in [0.3, 0.4) is 0 Å².